The van der Waals surface area contributed by atoms with Gasteiger partial charge in [0.2, 0.25) is 0 Å². The summed E-state index contributed by atoms with van der Waals surface area (Å²) in [5.74, 6) is 2.36. The lowest BCUT2D eigenvalue weighted by Gasteiger charge is -2.38. The quantitative estimate of drug-likeness (QED) is 0.800. The molecule has 17 heavy (non-hydrogen) atoms. The van der Waals surface area contributed by atoms with Crippen molar-refractivity contribution in [3.05, 3.63) is 0 Å². The zero-order chi connectivity index (χ0) is 13.0. The average molecular weight is 242 g/mol. The fourth-order valence-corrected chi connectivity index (χ4v) is 3.05. The molecule has 1 aliphatic rings. The van der Waals surface area contributed by atoms with Gasteiger partial charge in [-0.25, -0.2) is 0 Å². The SMILES string of the molecule is CCOC(C(C)C)C(O)C1CCC(C)C(C)C1. The van der Waals surface area contributed by atoms with Crippen LogP contribution in [0.1, 0.15) is 53.9 Å². The van der Waals surface area contributed by atoms with E-state index in [0.29, 0.717) is 18.4 Å². The maximum atomic E-state index is 10.5. The second kappa shape index (κ2) is 6.75. The predicted molar refractivity (Wildman–Crippen MR) is 71.9 cm³/mol. The van der Waals surface area contributed by atoms with Gasteiger partial charge >= 0.3 is 0 Å². The molecule has 2 heteroatoms. The van der Waals surface area contributed by atoms with Gasteiger partial charge in [0.1, 0.15) is 0 Å². The van der Waals surface area contributed by atoms with E-state index < -0.39 is 0 Å². The van der Waals surface area contributed by atoms with Crippen LogP contribution in [-0.4, -0.2) is 23.9 Å². The monoisotopic (exact) mass is 242 g/mol. The van der Waals surface area contributed by atoms with E-state index in [4.69, 9.17) is 4.74 Å². The molecule has 0 heterocycles. The van der Waals surface area contributed by atoms with Gasteiger partial charge < -0.3 is 9.84 Å². The third kappa shape index (κ3) is 3.96. The number of aliphatic hydroxyl groups excluding tert-OH is 1. The van der Waals surface area contributed by atoms with Crippen LogP contribution >= 0.6 is 0 Å². The summed E-state index contributed by atoms with van der Waals surface area (Å²) in [5.41, 5.74) is 0. The van der Waals surface area contributed by atoms with Gasteiger partial charge in [0, 0.05) is 6.61 Å². The van der Waals surface area contributed by atoms with Gasteiger partial charge in [0.05, 0.1) is 12.2 Å². The van der Waals surface area contributed by atoms with Crippen molar-refractivity contribution < 1.29 is 9.84 Å². The third-order valence-corrected chi connectivity index (χ3v) is 4.47. The molecule has 0 aromatic rings. The predicted octanol–water partition coefficient (Wildman–Crippen LogP) is 3.48. The molecule has 1 N–H and O–H groups in total. The van der Waals surface area contributed by atoms with Crippen LogP contribution in [-0.2, 0) is 4.74 Å². The Kier molecular flexibility index (Phi) is 5.94. The molecule has 0 aromatic carbocycles. The highest BCUT2D eigenvalue weighted by molar-refractivity contribution is 4.85. The number of aliphatic hydroxyl groups is 1. The lowest BCUT2D eigenvalue weighted by molar-refractivity contribution is -0.0909. The first-order valence-electron chi connectivity index (χ1n) is 7.27. The van der Waals surface area contributed by atoms with E-state index in [1.165, 1.54) is 6.42 Å². The van der Waals surface area contributed by atoms with Gasteiger partial charge in [-0.1, -0.05) is 34.1 Å². The number of rotatable bonds is 5. The second-order valence-corrected chi connectivity index (χ2v) is 6.18. The Morgan fingerprint density at radius 2 is 1.82 bits per heavy atom. The van der Waals surface area contributed by atoms with Crippen LogP contribution in [0.15, 0.2) is 0 Å². The summed E-state index contributed by atoms with van der Waals surface area (Å²) in [5, 5.41) is 10.5. The van der Waals surface area contributed by atoms with Crippen molar-refractivity contribution in [2.45, 2.75) is 66.1 Å². The van der Waals surface area contributed by atoms with Crippen LogP contribution in [0.4, 0.5) is 0 Å². The summed E-state index contributed by atoms with van der Waals surface area (Å²) in [7, 11) is 0. The van der Waals surface area contributed by atoms with Crippen LogP contribution in [0.3, 0.4) is 0 Å². The maximum Gasteiger partial charge on any atom is 0.0859 e. The Morgan fingerprint density at radius 3 is 2.29 bits per heavy atom. The minimum Gasteiger partial charge on any atom is -0.390 e. The van der Waals surface area contributed by atoms with E-state index in [9.17, 15) is 5.11 Å². The minimum absolute atomic E-state index is 0.00519. The van der Waals surface area contributed by atoms with Gasteiger partial charge in [-0.05, 0) is 43.4 Å². The van der Waals surface area contributed by atoms with Gasteiger partial charge in [0.25, 0.3) is 0 Å². The van der Waals surface area contributed by atoms with Gasteiger partial charge in [0.15, 0.2) is 0 Å². The van der Waals surface area contributed by atoms with Crippen molar-refractivity contribution in [1.29, 1.82) is 0 Å². The summed E-state index contributed by atoms with van der Waals surface area (Å²) in [6.45, 7) is 11.6. The lowest BCUT2D eigenvalue weighted by atomic mass is 9.72. The van der Waals surface area contributed by atoms with Crippen molar-refractivity contribution in [2.24, 2.45) is 23.7 Å². The summed E-state index contributed by atoms with van der Waals surface area (Å²) >= 11 is 0. The van der Waals surface area contributed by atoms with Crippen molar-refractivity contribution >= 4 is 0 Å². The first-order valence-corrected chi connectivity index (χ1v) is 7.27. The number of ether oxygens (including phenoxy) is 1. The summed E-state index contributed by atoms with van der Waals surface area (Å²) < 4.78 is 5.73. The summed E-state index contributed by atoms with van der Waals surface area (Å²) in [6.07, 6.45) is 3.28. The Bertz CT molecular complexity index is 215. The maximum absolute atomic E-state index is 10.5. The van der Waals surface area contributed by atoms with E-state index >= 15 is 0 Å². The largest absolute Gasteiger partial charge is 0.390 e. The van der Waals surface area contributed by atoms with Gasteiger partial charge in [-0.15, -0.1) is 0 Å². The van der Waals surface area contributed by atoms with E-state index in [0.717, 1.165) is 24.7 Å². The molecule has 1 rings (SSSR count). The highest BCUT2D eigenvalue weighted by atomic mass is 16.5. The lowest BCUT2D eigenvalue weighted by Crippen LogP contribution is -2.41. The highest BCUT2D eigenvalue weighted by Gasteiger charge is 2.34. The molecule has 0 radical (unpaired) electrons. The highest BCUT2D eigenvalue weighted by Crippen LogP contribution is 2.36. The molecule has 0 saturated heterocycles. The number of hydrogen-bond donors (Lipinski definition) is 1. The number of hydrogen-bond acceptors (Lipinski definition) is 2. The van der Waals surface area contributed by atoms with Crippen LogP contribution in [0.5, 0.6) is 0 Å². The molecule has 0 bridgehead atoms. The van der Waals surface area contributed by atoms with Crippen molar-refractivity contribution in [3.8, 4) is 0 Å². The van der Waals surface area contributed by atoms with Crippen molar-refractivity contribution in [2.75, 3.05) is 6.61 Å². The van der Waals surface area contributed by atoms with Gasteiger partial charge in [-0.2, -0.15) is 0 Å². The van der Waals surface area contributed by atoms with E-state index in [-0.39, 0.29) is 12.2 Å². The molecule has 0 amide bonds. The first kappa shape index (κ1) is 15.0. The Balaban J connectivity index is 2.58. The normalized spacial score (nSPS) is 33.7. The van der Waals surface area contributed by atoms with Crippen LogP contribution < -0.4 is 0 Å². The van der Waals surface area contributed by atoms with E-state index in [2.05, 4.69) is 27.7 Å². The van der Waals surface area contributed by atoms with Crippen LogP contribution in [0, 0.1) is 23.7 Å². The molecule has 102 valence electrons. The molecule has 1 fully saturated rings. The molecule has 0 aromatic heterocycles. The minimum atomic E-state index is -0.287. The van der Waals surface area contributed by atoms with Crippen molar-refractivity contribution in [1.82, 2.24) is 0 Å². The summed E-state index contributed by atoms with van der Waals surface area (Å²) in [6, 6.07) is 0. The Labute approximate surface area is 107 Å². The smallest absolute Gasteiger partial charge is 0.0859 e. The van der Waals surface area contributed by atoms with E-state index in [1.807, 2.05) is 6.92 Å². The average Bonchev–Trinajstić information content (AvgIpc) is 2.28. The molecular weight excluding hydrogens is 212 g/mol. The van der Waals surface area contributed by atoms with E-state index in [1.54, 1.807) is 0 Å². The van der Waals surface area contributed by atoms with Crippen LogP contribution in [0.25, 0.3) is 0 Å². The van der Waals surface area contributed by atoms with Crippen molar-refractivity contribution in [3.63, 3.8) is 0 Å². The fraction of sp³-hybridized carbons (Fsp3) is 1.00. The van der Waals surface area contributed by atoms with Crippen LogP contribution in [0.2, 0.25) is 0 Å². The fourth-order valence-electron chi connectivity index (χ4n) is 3.05. The molecule has 0 spiro atoms. The molecule has 1 saturated carbocycles. The zero-order valence-electron chi connectivity index (χ0n) is 12.1. The molecule has 5 unspecified atom stereocenters. The topological polar surface area (TPSA) is 29.5 Å². The zero-order valence-corrected chi connectivity index (χ0v) is 12.1. The first-order chi connectivity index (χ1) is 7.97. The second-order valence-electron chi connectivity index (χ2n) is 6.18. The molecular formula is C15H30O2. The molecule has 0 aliphatic heterocycles. The standard InChI is InChI=1S/C15H30O2/c1-6-17-15(10(2)3)14(16)13-8-7-11(4)12(5)9-13/h10-16H,6-9H2,1-5H3. The summed E-state index contributed by atoms with van der Waals surface area (Å²) in [4.78, 5) is 0. The third-order valence-electron chi connectivity index (χ3n) is 4.47. The van der Waals surface area contributed by atoms with Gasteiger partial charge in [-0.3, -0.25) is 0 Å². The Morgan fingerprint density at radius 1 is 1.18 bits per heavy atom. The molecule has 1 aliphatic carbocycles. The molecule has 2 nitrogen and oxygen atoms in total. The Hall–Kier alpha value is -0.0800. The molecule has 5 atom stereocenters.